The van der Waals surface area contributed by atoms with Gasteiger partial charge in [0.05, 0.1) is 0 Å². The van der Waals surface area contributed by atoms with Crippen molar-refractivity contribution in [3.63, 3.8) is 0 Å². The van der Waals surface area contributed by atoms with Crippen molar-refractivity contribution in [3.8, 4) is 0 Å². The summed E-state index contributed by atoms with van der Waals surface area (Å²) in [6, 6.07) is 10.5. The van der Waals surface area contributed by atoms with E-state index >= 15 is 0 Å². The quantitative estimate of drug-likeness (QED) is 0.432. The molecule has 1 aromatic carbocycles. The van der Waals surface area contributed by atoms with Crippen molar-refractivity contribution in [2.24, 2.45) is 0 Å². The highest BCUT2D eigenvalue weighted by atomic mass is 15.0. The summed E-state index contributed by atoms with van der Waals surface area (Å²) in [5.41, 5.74) is 2.67. The summed E-state index contributed by atoms with van der Waals surface area (Å²) in [4.78, 5) is 0. The van der Waals surface area contributed by atoms with Crippen LogP contribution in [0, 0.1) is 0 Å². The number of hydrogen-bond acceptors (Lipinski definition) is 3. The third kappa shape index (κ3) is 9.19. The number of rotatable bonds is 11. The molecule has 3 N–H and O–H groups in total. The molecule has 1 rings (SSSR count). The van der Waals surface area contributed by atoms with Crippen LogP contribution in [0.15, 0.2) is 54.1 Å². The Labute approximate surface area is 129 Å². The highest BCUT2D eigenvalue weighted by Crippen LogP contribution is 1.96. The van der Waals surface area contributed by atoms with E-state index < -0.39 is 0 Å². The van der Waals surface area contributed by atoms with E-state index in [1.807, 2.05) is 13.0 Å². The van der Waals surface area contributed by atoms with Crippen molar-refractivity contribution >= 4 is 0 Å². The van der Waals surface area contributed by atoms with Crippen LogP contribution >= 0.6 is 0 Å². The monoisotopic (exact) mass is 287 g/mol. The standard InChI is InChI=1S/C18H29N3/c1-3-8-17(4-2)15-20-13-11-19-12-14-21-16-18-9-6-5-7-10-18/h3-10,19-21H,11-16H2,1-2H3. The maximum atomic E-state index is 3.44. The van der Waals surface area contributed by atoms with Crippen LogP contribution in [0.1, 0.15) is 19.4 Å². The Kier molecular flexibility index (Phi) is 10.4. The Hall–Kier alpha value is -1.42. The normalized spacial score (nSPS) is 12.2. The molecule has 21 heavy (non-hydrogen) atoms. The van der Waals surface area contributed by atoms with Gasteiger partial charge in [-0.2, -0.15) is 0 Å². The zero-order valence-corrected chi connectivity index (χ0v) is 13.4. The van der Waals surface area contributed by atoms with E-state index in [2.05, 4.69) is 65.4 Å². The lowest BCUT2D eigenvalue weighted by molar-refractivity contribution is 0.591. The van der Waals surface area contributed by atoms with E-state index in [0.717, 1.165) is 39.3 Å². The lowest BCUT2D eigenvalue weighted by Gasteiger charge is -2.08. The Morgan fingerprint density at radius 1 is 0.905 bits per heavy atom. The predicted octanol–water partition coefficient (Wildman–Crippen LogP) is 2.48. The van der Waals surface area contributed by atoms with E-state index in [0.29, 0.717) is 0 Å². The topological polar surface area (TPSA) is 36.1 Å². The van der Waals surface area contributed by atoms with E-state index in [4.69, 9.17) is 0 Å². The minimum absolute atomic E-state index is 0.939. The van der Waals surface area contributed by atoms with Crippen molar-refractivity contribution < 1.29 is 0 Å². The summed E-state index contributed by atoms with van der Waals surface area (Å²) in [7, 11) is 0. The Balaban J connectivity index is 1.91. The van der Waals surface area contributed by atoms with Crippen molar-refractivity contribution in [1.29, 1.82) is 0 Å². The van der Waals surface area contributed by atoms with Crippen LogP contribution in [-0.2, 0) is 6.54 Å². The van der Waals surface area contributed by atoms with Gasteiger partial charge in [-0.1, -0.05) is 48.6 Å². The van der Waals surface area contributed by atoms with Crippen LogP contribution in [0.3, 0.4) is 0 Å². The van der Waals surface area contributed by atoms with Gasteiger partial charge in [0.25, 0.3) is 0 Å². The Morgan fingerprint density at radius 2 is 1.57 bits per heavy atom. The molecule has 0 aliphatic rings. The van der Waals surface area contributed by atoms with Crippen LogP contribution in [-0.4, -0.2) is 32.7 Å². The van der Waals surface area contributed by atoms with Crippen LogP contribution in [0.5, 0.6) is 0 Å². The molecule has 0 aliphatic heterocycles. The van der Waals surface area contributed by atoms with Crippen molar-refractivity contribution in [3.05, 3.63) is 59.7 Å². The second kappa shape index (κ2) is 12.3. The number of allylic oxidation sites excluding steroid dienone is 2. The molecule has 0 spiro atoms. The van der Waals surface area contributed by atoms with Crippen molar-refractivity contribution in [2.75, 3.05) is 32.7 Å². The fraction of sp³-hybridized carbons (Fsp3) is 0.444. The Morgan fingerprint density at radius 3 is 2.24 bits per heavy atom. The van der Waals surface area contributed by atoms with Gasteiger partial charge in [-0.3, -0.25) is 0 Å². The lowest BCUT2D eigenvalue weighted by atomic mass is 10.2. The molecule has 0 atom stereocenters. The number of nitrogens with one attached hydrogen (secondary N) is 3. The average molecular weight is 287 g/mol. The molecule has 0 unspecified atom stereocenters. The van der Waals surface area contributed by atoms with Crippen LogP contribution in [0.25, 0.3) is 0 Å². The third-order valence-electron chi connectivity index (χ3n) is 3.21. The first-order chi connectivity index (χ1) is 10.4. The molecule has 0 radical (unpaired) electrons. The molecular weight excluding hydrogens is 258 g/mol. The number of hydrogen-bond donors (Lipinski definition) is 3. The van der Waals surface area contributed by atoms with Gasteiger partial charge < -0.3 is 16.0 Å². The van der Waals surface area contributed by atoms with Gasteiger partial charge in [0.1, 0.15) is 0 Å². The summed E-state index contributed by atoms with van der Waals surface area (Å²) in [5, 5.41) is 10.3. The number of benzene rings is 1. The van der Waals surface area contributed by atoms with Gasteiger partial charge >= 0.3 is 0 Å². The van der Waals surface area contributed by atoms with E-state index in [1.165, 1.54) is 11.1 Å². The molecule has 0 saturated carbocycles. The highest BCUT2D eigenvalue weighted by Gasteiger charge is 1.92. The van der Waals surface area contributed by atoms with Crippen molar-refractivity contribution in [2.45, 2.75) is 20.4 Å². The fourth-order valence-corrected chi connectivity index (χ4v) is 2.01. The second-order valence-corrected chi connectivity index (χ2v) is 4.95. The molecule has 0 aliphatic carbocycles. The largest absolute Gasteiger partial charge is 0.314 e. The van der Waals surface area contributed by atoms with Crippen LogP contribution in [0.4, 0.5) is 0 Å². The zero-order valence-electron chi connectivity index (χ0n) is 13.4. The summed E-state index contributed by atoms with van der Waals surface area (Å²) < 4.78 is 0. The van der Waals surface area contributed by atoms with Gasteiger partial charge in [-0.25, -0.2) is 0 Å². The first kappa shape index (κ1) is 17.6. The summed E-state index contributed by atoms with van der Waals surface area (Å²) in [5.74, 6) is 0. The molecule has 3 heteroatoms. The van der Waals surface area contributed by atoms with Gasteiger partial charge in [-0.05, 0) is 25.0 Å². The van der Waals surface area contributed by atoms with E-state index in [1.54, 1.807) is 0 Å². The first-order valence-electron chi connectivity index (χ1n) is 7.80. The molecule has 0 heterocycles. The maximum Gasteiger partial charge on any atom is 0.0206 e. The molecule has 0 fully saturated rings. The summed E-state index contributed by atoms with van der Waals surface area (Å²) in [6.45, 7) is 9.99. The third-order valence-corrected chi connectivity index (χ3v) is 3.21. The SMILES string of the molecule is CC=CC(=CC)CNCCNCCNCc1ccccc1. The Bertz CT molecular complexity index is 410. The van der Waals surface area contributed by atoms with E-state index in [9.17, 15) is 0 Å². The molecule has 116 valence electrons. The molecule has 0 amide bonds. The highest BCUT2D eigenvalue weighted by molar-refractivity contribution is 5.18. The van der Waals surface area contributed by atoms with Gasteiger partial charge in [0.2, 0.25) is 0 Å². The van der Waals surface area contributed by atoms with Crippen LogP contribution in [0.2, 0.25) is 0 Å². The smallest absolute Gasteiger partial charge is 0.0206 e. The van der Waals surface area contributed by atoms with Gasteiger partial charge in [0, 0.05) is 39.3 Å². The molecule has 0 bridgehead atoms. The fourth-order valence-electron chi connectivity index (χ4n) is 2.01. The first-order valence-corrected chi connectivity index (χ1v) is 7.80. The van der Waals surface area contributed by atoms with Crippen LogP contribution < -0.4 is 16.0 Å². The molecular formula is C18H29N3. The summed E-state index contributed by atoms with van der Waals surface area (Å²) in [6.07, 6.45) is 6.37. The molecule has 0 aromatic heterocycles. The molecule has 0 saturated heterocycles. The molecule has 3 nitrogen and oxygen atoms in total. The summed E-state index contributed by atoms with van der Waals surface area (Å²) >= 11 is 0. The lowest BCUT2D eigenvalue weighted by Crippen LogP contribution is -2.33. The van der Waals surface area contributed by atoms with E-state index in [-0.39, 0.29) is 0 Å². The zero-order chi connectivity index (χ0) is 15.2. The minimum Gasteiger partial charge on any atom is -0.314 e. The van der Waals surface area contributed by atoms with Gasteiger partial charge in [-0.15, -0.1) is 0 Å². The van der Waals surface area contributed by atoms with Crippen molar-refractivity contribution in [1.82, 2.24) is 16.0 Å². The maximum absolute atomic E-state index is 3.44. The predicted molar refractivity (Wildman–Crippen MR) is 92.5 cm³/mol. The van der Waals surface area contributed by atoms with Gasteiger partial charge in [0.15, 0.2) is 0 Å². The average Bonchev–Trinajstić information content (AvgIpc) is 2.53. The minimum atomic E-state index is 0.939. The second-order valence-electron chi connectivity index (χ2n) is 4.95. The molecule has 1 aromatic rings.